The van der Waals surface area contributed by atoms with Crippen molar-refractivity contribution >= 4 is 16.6 Å². The first-order chi connectivity index (χ1) is 10.3. The van der Waals surface area contributed by atoms with Crippen molar-refractivity contribution in [2.45, 2.75) is 26.4 Å². The van der Waals surface area contributed by atoms with Crippen molar-refractivity contribution in [1.82, 2.24) is 14.8 Å². The van der Waals surface area contributed by atoms with E-state index < -0.39 is 0 Å². The van der Waals surface area contributed by atoms with Gasteiger partial charge in [0, 0.05) is 36.4 Å². The van der Waals surface area contributed by atoms with Crippen molar-refractivity contribution < 1.29 is 4.39 Å². The number of aromatic nitrogens is 3. The molecule has 0 saturated heterocycles. The minimum absolute atomic E-state index is 0.242. The summed E-state index contributed by atoms with van der Waals surface area (Å²) < 4.78 is 15.5. The van der Waals surface area contributed by atoms with Crippen LogP contribution in [0, 0.1) is 5.82 Å². The second-order valence-corrected chi connectivity index (χ2v) is 4.99. The Kier molecular flexibility index (Phi) is 3.81. The highest BCUT2D eigenvalue weighted by atomic mass is 19.1. The molecular formula is C16H17FN4. The van der Waals surface area contributed by atoms with Crippen LogP contribution in [0.25, 0.3) is 10.9 Å². The Bertz CT molecular complexity index is 751. The van der Waals surface area contributed by atoms with Gasteiger partial charge in [-0.1, -0.05) is 13.0 Å². The van der Waals surface area contributed by atoms with Gasteiger partial charge in [-0.05, 0) is 24.6 Å². The highest BCUT2D eigenvalue weighted by Crippen LogP contribution is 2.19. The molecule has 1 aromatic carbocycles. The molecule has 0 radical (unpaired) electrons. The molecule has 108 valence electrons. The molecule has 4 nitrogen and oxygen atoms in total. The Hall–Kier alpha value is -2.43. The van der Waals surface area contributed by atoms with Gasteiger partial charge in [-0.15, -0.1) is 0 Å². The van der Waals surface area contributed by atoms with Crippen LogP contribution in [0.3, 0.4) is 0 Å². The van der Waals surface area contributed by atoms with E-state index in [1.165, 1.54) is 12.1 Å². The third kappa shape index (κ3) is 3.02. The van der Waals surface area contributed by atoms with Gasteiger partial charge in [-0.3, -0.25) is 9.67 Å². The van der Waals surface area contributed by atoms with Gasteiger partial charge in [0.15, 0.2) is 0 Å². The van der Waals surface area contributed by atoms with Gasteiger partial charge in [0.1, 0.15) is 5.82 Å². The minimum atomic E-state index is -0.242. The van der Waals surface area contributed by atoms with Crippen molar-refractivity contribution in [2.24, 2.45) is 0 Å². The zero-order valence-electron chi connectivity index (χ0n) is 11.9. The van der Waals surface area contributed by atoms with Crippen LogP contribution in [0.5, 0.6) is 0 Å². The zero-order chi connectivity index (χ0) is 14.7. The molecule has 0 aliphatic rings. The molecule has 5 heteroatoms. The molecule has 0 aliphatic carbocycles. The Morgan fingerprint density at radius 1 is 1.33 bits per heavy atom. The SMILES string of the molecule is CCCn1cc(NCc2cc(F)cc3cccnc23)cn1. The van der Waals surface area contributed by atoms with Crippen molar-refractivity contribution in [2.75, 3.05) is 5.32 Å². The topological polar surface area (TPSA) is 42.7 Å². The maximum absolute atomic E-state index is 13.7. The van der Waals surface area contributed by atoms with Crippen LogP contribution < -0.4 is 5.32 Å². The zero-order valence-corrected chi connectivity index (χ0v) is 11.9. The van der Waals surface area contributed by atoms with E-state index in [0.717, 1.165) is 35.1 Å². The number of hydrogen-bond donors (Lipinski definition) is 1. The predicted molar refractivity (Wildman–Crippen MR) is 81.5 cm³/mol. The molecule has 0 spiro atoms. The quantitative estimate of drug-likeness (QED) is 0.778. The van der Waals surface area contributed by atoms with E-state index in [4.69, 9.17) is 0 Å². The Morgan fingerprint density at radius 3 is 3.10 bits per heavy atom. The van der Waals surface area contributed by atoms with Gasteiger partial charge in [0.05, 0.1) is 17.4 Å². The molecule has 2 heterocycles. The van der Waals surface area contributed by atoms with Gasteiger partial charge in [0.2, 0.25) is 0 Å². The second kappa shape index (κ2) is 5.91. The molecule has 3 aromatic rings. The average Bonchev–Trinajstić information content (AvgIpc) is 2.93. The maximum atomic E-state index is 13.7. The number of halogens is 1. The Labute approximate surface area is 122 Å². The molecule has 1 N–H and O–H groups in total. The molecule has 0 atom stereocenters. The standard InChI is InChI=1S/C16H17FN4/c1-2-6-21-11-15(10-20-21)19-9-13-8-14(17)7-12-4-3-5-18-16(12)13/h3-5,7-8,10-11,19H,2,6,9H2,1H3. The molecule has 21 heavy (non-hydrogen) atoms. The number of aryl methyl sites for hydroxylation is 1. The average molecular weight is 284 g/mol. The first-order valence-electron chi connectivity index (χ1n) is 7.06. The highest BCUT2D eigenvalue weighted by molar-refractivity contribution is 5.81. The molecule has 3 rings (SSSR count). The molecule has 2 aromatic heterocycles. The van der Waals surface area contributed by atoms with Crippen molar-refractivity contribution in [3.8, 4) is 0 Å². The lowest BCUT2D eigenvalue weighted by Gasteiger charge is -2.07. The lowest BCUT2D eigenvalue weighted by molar-refractivity contribution is 0.603. The van der Waals surface area contributed by atoms with E-state index in [1.54, 1.807) is 12.4 Å². The van der Waals surface area contributed by atoms with Crippen LogP contribution in [0.15, 0.2) is 42.9 Å². The summed E-state index contributed by atoms with van der Waals surface area (Å²) in [5, 5.41) is 8.35. The van der Waals surface area contributed by atoms with Gasteiger partial charge in [-0.25, -0.2) is 4.39 Å². The summed E-state index contributed by atoms with van der Waals surface area (Å²) in [6.45, 7) is 3.52. The fourth-order valence-corrected chi connectivity index (χ4v) is 2.37. The molecule has 0 bridgehead atoms. The van der Waals surface area contributed by atoms with Gasteiger partial charge < -0.3 is 5.32 Å². The molecule has 0 saturated carbocycles. The number of pyridine rings is 1. The van der Waals surface area contributed by atoms with Crippen LogP contribution >= 0.6 is 0 Å². The third-order valence-corrected chi connectivity index (χ3v) is 3.32. The molecule has 0 unspecified atom stereocenters. The molecule has 0 amide bonds. The summed E-state index contributed by atoms with van der Waals surface area (Å²) in [7, 11) is 0. The fourth-order valence-electron chi connectivity index (χ4n) is 2.37. The molecule has 0 fully saturated rings. The second-order valence-electron chi connectivity index (χ2n) is 4.99. The smallest absolute Gasteiger partial charge is 0.124 e. The van der Waals surface area contributed by atoms with Crippen molar-refractivity contribution in [3.05, 3.63) is 54.2 Å². The summed E-state index contributed by atoms with van der Waals surface area (Å²) >= 11 is 0. The van der Waals surface area contributed by atoms with E-state index in [1.807, 2.05) is 23.0 Å². The van der Waals surface area contributed by atoms with E-state index >= 15 is 0 Å². The number of nitrogens with zero attached hydrogens (tertiary/aromatic N) is 3. The number of hydrogen-bond acceptors (Lipinski definition) is 3. The van der Waals surface area contributed by atoms with E-state index in [2.05, 4.69) is 22.3 Å². The number of anilines is 1. The summed E-state index contributed by atoms with van der Waals surface area (Å²) in [6, 6.07) is 6.71. The summed E-state index contributed by atoms with van der Waals surface area (Å²) in [4.78, 5) is 4.34. The monoisotopic (exact) mass is 284 g/mol. The van der Waals surface area contributed by atoms with Gasteiger partial charge >= 0.3 is 0 Å². The van der Waals surface area contributed by atoms with Crippen LogP contribution in [0.4, 0.5) is 10.1 Å². The summed E-state index contributed by atoms with van der Waals surface area (Å²) in [6.07, 6.45) is 6.51. The van der Waals surface area contributed by atoms with Crippen LogP contribution in [0.2, 0.25) is 0 Å². The maximum Gasteiger partial charge on any atom is 0.124 e. The normalized spacial score (nSPS) is 11.0. The summed E-state index contributed by atoms with van der Waals surface area (Å²) in [5.74, 6) is -0.242. The van der Waals surface area contributed by atoms with Crippen LogP contribution in [-0.4, -0.2) is 14.8 Å². The number of fused-ring (bicyclic) bond motifs is 1. The lowest BCUT2D eigenvalue weighted by Crippen LogP contribution is -2.01. The fraction of sp³-hybridized carbons (Fsp3) is 0.250. The highest BCUT2D eigenvalue weighted by Gasteiger charge is 2.06. The van der Waals surface area contributed by atoms with Gasteiger partial charge in [0.25, 0.3) is 0 Å². The Morgan fingerprint density at radius 2 is 2.24 bits per heavy atom. The lowest BCUT2D eigenvalue weighted by atomic mass is 10.1. The van der Waals surface area contributed by atoms with Crippen molar-refractivity contribution in [3.63, 3.8) is 0 Å². The Balaban J connectivity index is 1.81. The first-order valence-corrected chi connectivity index (χ1v) is 7.06. The number of nitrogens with one attached hydrogen (secondary N) is 1. The largest absolute Gasteiger partial charge is 0.378 e. The molecule has 0 aliphatic heterocycles. The number of benzene rings is 1. The van der Waals surface area contributed by atoms with Crippen LogP contribution in [0.1, 0.15) is 18.9 Å². The van der Waals surface area contributed by atoms with Crippen LogP contribution in [-0.2, 0) is 13.1 Å². The minimum Gasteiger partial charge on any atom is -0.378 e. The predicted octanol–water partition coefficient (Wildman–Crippen LogP) is 3.59. The van der Waals surface area contributed by atoms with Gasteiger partial charge in [-0.2, -0.15) is 5.10 Å². The summed E-state index contributed by atoms with van der Waals surface area (Å²) in [5.41, 5.74) is 2.60. The van der Waals surface area contributed by atoms with E-state index in [0.29, 0.717) is 6.54 Å². The van der Waals surface area contributed by atoms with E-state index in [9.17, 15) is 4.39 Å². The number of rotatable bonds is 5. The van der Waals surface area contributed by atoms with E-state index in [-0.39, 0.29) is 5.82 Å². The van der Waals surface area contributed by atoms with Crippen molar-refractivity contribution in [1.29, 1.82) is 0 Å². The third-order valence-electron chi connectivity index (χ3n) is 3.32. The first kappa shape index (κ1) is 13.5. The molecular weight excluding hydrogens is 267 g/mol.